The molecule has 1 fully saturated rings. The minimum Gasteiger partial charge on any atom is -0.486 e. The summed E-state index contributed by atoms with van der Waals surface area (Å²) < 4.78 is 29.9. The zero-order valence-electron chi connectivity index (χ0n) is 20.5. The Labute approximate surface area is 215 Å². The number of anilines is 1. The van der Waals surface area contributed by atoms with Crippen LogP contribution in [0.2, 0.25) is 0 Å². The number of carbonyl (C=O) groups excluding carboxylic acids is 2. The lowest BCUT2D eigenvalue weighted by molar-refractivity contribution is -0.136. The molecular formula is C29H29FN2O5. The number of nitrogens with zero attached hydrogens (tertiary/aromatic N) is 1. The number of hydrogen-bond acceptors (Lipinski definition) is 5. The van der Waals surface area contributed by atoms with Gasteiger partial charge in [-0.25, -0.2) is 4.39 Å². The van der Waals surface area contributed by atoms with E-state index in [-0.39, 0.29) is 17.6 Å². The summed E-state index contributed by atoms with van der Waals surface area (Å²) in [5.41, 5.74) is 1.72. The molecule has 1 N–H and O–H groups in total. The second-order valence-electron chi connectivity index (χ2n) is 9.15. The van der Waals surface area contributed by atoms with Gasteiger partial charge in [-0.1, -0.05) is 6.07 Å². The molecule has 2 amide bonds. The summed E-state index contributed by atoms with van der Waals surface area (Å²) in [6.45, 7) is 1.69. The van der Waals surface area contributed by atoms with Gasteiger partial charge >= 0.3 is 0 Å². The first kappa shape index (κ1) is 24.6. The fourth-order valence-corrected chi connectivity index (χ4v) is 4.64. The first-order valence-electron chi connectivity index (χ1n) is 12.6. The van der Waals surface area contributed by atoms with Gasteiger partial charge in [-0.05, 0) is 91.9 Å². The molecular weight excluding hydrogens is 475 g/mol. The Hall–Kier alpha value is -4.07. The Bertz CT molecular complexity index is 1250. The molecule has 0 bridgehead atoms. The topological polar surface area (TPSA) is 77.1 Å². The van der Waals surface area contributed by atoms with Crippen LogP contribution in [-0.4, -0.2) is 42.5 Å². The Morgan fingerprint density at radius 3 is 2.41 bits per heavy atom. The van der Waals surface area contributed by atoms with E-state index in [9.17, 15) is 14.0 Å². The largest absolute Gasteiger partial charge is 0.486 e. The van der Waals surface area contributed by atoms with E-state index < -0.39 is 6.04 Å². The van der Waals surface area contributed by atoms with Gasteiger partial charge in [0, 0.05) is 18.7 Å². The van der Waals surface area contributed by atoms with Gasteiger partial charge in [0.25, 0.3) is 0 Å². The predicted octanol–water partition coefficient (Wildman–Crippen LogP) is 5.34. The minimum atomic E-state index is -0.475. The van der Waals surface area contributed by atoms with Crippen LogP contribution in [0.5, 0.6) is 23.0 Å². The van der Waals surface area contributed by atoms with Gasteiger partial charge in [-0.3, -0.25) is 9.59 Å². The second kappa shape index (κ2) is 11.3. The Morgan fingerprint density at radius 1 is 0.946 bits per heavy atom. The van der Waals surface area contributed by atoms with Crippen molar-refractivity contribution in [3.63, 3.8) is 0 Å². The van der Waals surface area contributed by atoms with Crippen molar-refractivity contribution in [3.8, 4) is 23.0 Å². The van der Waals surface area contributed by atoms with E-state index in [1.807, 2.05) is 18.2 Å². The van der Waals surface area contributed by atoms with E-state index in [0.717, 1.165) is 29.9 Å². The van der Waals surface area contributed by atoms with Crippen molar-refractivity contribution in [2.24, 2.45) is 0 Å². The molecule has 1 saturated heterocycles. The fourth-order valence-electron chi connectivity index (χ4n) is 4.64. The summed E-state index contributed by atoms with van der Waals surface area (Å²) in [5, 5.41) is 2.91. The first-order chi connectivity index (χ1) is 18.0. The maximum Gasteiger partial charge on any atom is 0.247 e. The van der Waals surface area contributed by atoms with Crippen LogP contribution in [0.1, 0.15) is 31.2 Å². The molecule has 2 aliphatic heterocycles. The lowest BCUT2D eigenvalue weighted by Crippen LogP contribution is -2.43. The number of halogens is 1. The summed E-state index contributed by atoms with van der Waals surface area (Å²) in [4.78, 5) is 27.6. The smallest absolute Gasteiger partial charge is 0.247 e. The molecule has 0 unspecified atom stereocenters. The molecule has 0 aromatic heterocycles. The van der Waals surface area contributed by atoms with Crippen LogP contribution in [-0.2, 0) is 16.0 Å². The molecule has 37 heavy (non-hydrogen) atoms. The highest BCUT2D eigenvalue weighted by Gasteiger charge is 2.33. The highest BCUT2D eigenvalue weighted by Crippen LogP contribution is 2.31. The molecule has 0 radical (unpaired) electrons. The maximum absolute atomic E-state index is 13.1. The van der Waals surface area contributed by atoms with Crippen LogP contribution in [0.25, 0.3) is 0 Å². The lowest BCUT2D eigenvalue weighted by atomic mass is 10.1. The molecule has 3 aromatic rings. The van der Waals surface area contributed by atoms with Crippen LogP contribution in [0, 0.1) is 5.82 Å². The Balaban J connectivity index is 1.11. The first-order valence-corrected chi connectivity index (χ1v) is 12.6. The number of nitrogens with one attached hydrogen (secondary N) is 1. The van der Waals surface area contributed by atoms with E-state index in [2.05, 4.69) is 5.32 Å². The van der Waals surface area contributed by atoms with Crippen LogP contribution in [0.3, 0.4) is 0 Å². The molecule has 2 heterocycles. The van der Waals surface area contributed by atoms with Crippen LogP contribution in [0.15, 0.2) is 66.7 Å². The molecule has 5 rings (SSSR count). The van der Waals surface area contributed by atoms with Gasteiger partial charge in [0.15, 0.2) is 11.5 Å². The number of amides is 2. The van der Waals surface area contributed by atoms with Gasteiger partial charge in [0.2, 0.25) is 11.8 Å². The maximum atomic E-state index is 13.1. The normalized spacial score (nSPS) is 16.4. The molecule has 8 heteroatoms. The number of hydrogen-bond donors (Lipinski definition) is 1. The highest BCUT2D eigenvalue weighted by atomic mass is 19.1. The molecule has 0 saturated carbocycles. The molecule has 2 aliphatic rings. The summed E-state index contributed by atoms with van der Waals surface area (Å²) in [6, 6.07) is 18.1. The zero-order chi connectivity index (χ0) is 25.6. The third-order valence-corrected chi connectivity index (χ3v) is 6.51. The summed E-state index contributed by atoms with van der Waals surface area (Å²) in [6.07, 6.45) is 3.27. The van der Waals surface area contributed by atoms with Gasteiger partial charge in [0.1, 0.15) is 36.6 Å². The van der Waals surface area contributed by atoms with E-state index in [1.54, 1.807) is 41.3 Å². The van der Waals surface area contributed by atoms with Gasteiger partial charge in [-0.2, -0.15) is 0 Å². The fraction of sp³-hybridized carbons (Fsp3) is 0.310. The van der Waals surface area contributed by atoms with E-state index >= 15 is 0 Å². The van der Waals surface area contributed by atoms with Crippen LogP contribution < -0.4 is 19.5 Å². The van der Waals surface area contributed by atoms with Gasteiger partial charge < -0.3 is 24.4 Å². The van der Waals surface area contributed by atoms with E-state index in [1.165, 1.54) is 12.1 Å². The van der Waals surface area contributed by atoms with Gasteiger partial charge in [-0.15, -0.1) is 0 Å². The van der Waals surface area contributed by atoms with Crippen LogP contribution in [0.4, 0.5) is 10.1 Å². The summed E-state index contributed by atoms with van der Waals surface area (Å²) >= 11 is 0. The number of benzene rings is 3. The number of ether oxygens (including phenoxy) is 3. The Kier molecular flexibility index (Phi) is 7.54. The standard InChI is InChI=1S/C29H29FN2O5/c30-21-7-11-23(12-8-21)37-24-13-9-22(10-14-24)31-29(34)25-4-2-16-32(25)28(33)5-1-3-20-6-15-26-27(19-20)36-18-17-35-26/h6-15,19,25H,1-5,16-18H2,(H,31,34)/t25-/m0/s1. The third kappa shape index (κ3) is 6.20. The zero-order valence-corrected chi connectivity index (χ0v) is 20.5. The number of likely N-dealkylation sites (tertiary alicyclic amines) is 1. The van der Waals surface area contributed by atoms with E-state index in [4.69, 9.17) is 14.2 Å². The average Bonchev–Trinajstić information content (AvgIpc) is 3.42. The van der Waals surface area contributed by atoms with E-state index in [0.29, 0.717) is 56.2 Å². The molecule has 7 nitrogen and oxygen atoms in total. The van der Waals surface area contributed by atoms with Crippen LogP contribution >= 0.6 is 0 Å². The van der Waals surface area contributed by atoms with Crippen molar-refractivity contribution in [2.75, 3.05) is 25.1 Å². The van der Waals surface area contributed by atoms with Crippen molar-refractivity contribution in [2.45, 2.75) is 38.1 Å². The van der Waals surface area contributed by atoms with Crippen molar-refractivity contribution in [3.05, 3.63) is 78.1 Å². The summed E-state index contributed by atoms with van der Waals surface area (Å²) in [7, 11) is 0. The monoisotopic (exact) mass is 504 g/mol. The molecule has 1 atom stereocenters. The number of fused-ring (bicyclic) bond motifs is 1. The van der Waals surface area contributed by atoms with Crippen molar-refractivity contribution in [1.29, 1.82) is 0 Å². The second-order valence-corrected chi connectivity index (χ2v) is 9.15. The van der Waals surface area contributed by atoms with Crippen molar-refractivity contribution >= 4 is 17.5 Å². The number of carbonyl (C=O) groups is 2. The Morgan fingerprint density at radius 2 is 1.65 bits per heavy atom. The molecule has 0 aliphatic carbocycles. The molecule has 3 aromatic carbocycles. The third-order valence-electron chi connectivity index (χ3n) is 6.51. The number of aryl methyl sites for hydroxylation is 1. The number of rotatable bonds is 8. The SMILES string of the molecule is O=C(Nc1ccc(Oc2ccc(F)cc2)cc1)[C@@H]1CCCN1C(=O)CCCc1ccc2c(c1)OCCO2. The summed E-state index contributed by atoms with van der Waals surface area (Å²) in [5.74, 6) is 2.08. The lowest BCUT2D eigenvalue weighted by Gasteiger charge is -2.24. The quantitative estimate of drug-likeness (QED) is 0.448. The average molecular weight is 505 g/mol. The highest BCUT2D eigenvalue weighted by molar-refractivity contribution is 5.97. The minimum absolute atomic E-state index is 0.00163. The molecule has 192 valence electrons. The van der Waals surface area contributed by atoms with Crippen molar-refractivity contribution in [1.82, 2.24) is 4.90 Å². The predicted molar refractivity (Wildman–Crippen MR) is 137 cm³/mol. The van der Waals surface area contributed by atoms with Crippen molar-refractivity contribution < 1.29 is 28.2 Å². The molecule has 0 spiro atoms. The van der Waals surface area contributed by atoms with Gasteiger partial charge in [0.05, 0.1) is 0 Å².